The Bertz CT molecular complexity index is 639. The number of rotatable bonds is 6. The van der Waals surface area contributed by atoms with E-state index in [9.17, 15) is 14.9 Å². The van der Waals surface area contributed by atoms with Crippen molar-refractivity contribution in [2.75, 3.05) is 0 Å². The summed E-state index contributed by atoms with van der Waals surface area (Å²) >= 11 is 4.09. The van der Waals surface area contributed by atoms with Crippen LogP contribution in [-0.2, 0) is 29.4 Å². The summed E-state index contributed by atoms with van der Waals surface area (Å²) in [5, 5.41) is 17.7. The van der Waals surface area contributed by atoms with Gasteiger partial charge in [-0.1, -0.05) is 36.4 Å². The first-order chi connectivity index (χ1) is 11.9. The van der Waals surface area contributed by atoms with E-state index in [1.807, 2.05) is 24.3 Å². The lowest BCUT2D eigenvalue weighted by Gasteiger charge is -2.03. The summed E-state index contributed by atoms with van der Waals surface area (Å²) < 4.78 is 4.57. The molecule has 2 aromatic rings. The van der Waals surface area contributed by atoms with Gasteiger partial charge in [0.2, 0.25) is 0 Å². The number of carbonyl (C=O) groups excluding carboxylic acids is 1. The van der Waals surface area contributed by atoms with Gasteiger partial charge in [0, 0.05) is 4.90 Å². The summed E-state index contributed by atoms with van der Waals surface area (Å²) in [5.41, 5.74) is 7.11. The number of benzene rings is 2. The van der Waals surface area contributed by atoms with Gasteiger partial charge in [0.15, 0.2) is 0 Å². The van der Waals surface area contributed by atoms with Gasteiger partial charge in [0.25, 0.3) is 5.09 Å². The molecule has 9 heteroatoms. The zero-order chi connectivity index (χ0) is 18.7. The van der Waals surface area contributed by atoms with Crippen LogP contribution in [0.3, 0.4) is 0 Å². The second kappa shape index (κ2) is 10.9. The maximum atomic E-state index is 10.3. The first-order valence-electron chi connectivity index (χ1n) is 7.07. The van der Waals surface area contributed by atoms with Crippen molar-refractivity contribution in [1.29, 1.82) is 0 Å². The van der Waals surface area contributed by atoms with Crippen molar-refractivity contribution in [2.24, 2.45) is 5.73 Å². The smallest absolute Gasteiger partial charge is 0.404 e. The minimum absolute atomic E-state index is 0.0751. The third kappa shape index (κ3) is 9.18. The first kappa shape index (κ1) is 20.3. The van der Waals surface area contributed by atoms with Crippen LogP contribution in [0.1, 0.15) is 16.7 Å². The van der Waals surface area contributed by atoms with Crippen molar-refractivity contribution in [3.8, 4) is 0 Å². The van der Waals surface area contributed by atoms with E-state index in [2.05, 4.69) is 22.2 Å². The van der Waals surface area contributed by atoms with Crippen molar-refractivity contribution < 1.29 is 24.6 Å². The fraction of sp³-hybridized carbons (Fsp3) is 0.188. The fourth-order valence-electron chi connectivity index (χ4n) is 1.61. The molecule has 0 heterocycles. The minimum atomic E-state index is -0.857. The van der Waals surface area contributed by atoms with Gasteiger partial charge < -0.3 is 20.4 Å². The van der Waals surface area contributed by atoms with E-state index in [1.165, 1.54) is 0 Å². The molecular weight excluding hydrogens is 348 g/mol. The number of nitrogens with zero attached hydrogens (tertiary/aromatic N) is 1. The van der Waals surface area contributed by atoms with E-state index in [1.54, 1.807) is 24.3 Å². The second-order valence-electron chi connectivity index (χ2n) is 4.75. The quantitative estimate of drug-likeness (QED) is 0.410. The van der Waals surface area contributed by atoms with Gasteiger partial charge in [-0.3, -0.25) is 0 Å². The van der Waals surface area contributed by atoms with Crippen LogP contribution in [0.2, 0.25) is 0 Å². The Morgan fingerprint density at radius 2 is 1.52 bits per heavy atom. The van der Waals surface area contributed by atoms with E-state index in [0.717, 1.165) is 16.0 Å². The molecule has 0 saturated heterocycles. The molecule has 8 nitrogen and oxygen atoms in total. The summed E-state index contributed by atoms with van der Waals surface area (Å²) in [7, 11) is 0. The highest BCUT2D eigenvalue weighted by Crippen LogP contribution is 2.07. The normalized spacial score (nSPS) is 9.52. The van der Waals surface area contributed by atoms with Crippen LogP contribution in [-0.4, -0.2) is 16.3 Å². The molecule has 0 aliphatic heterocycles. The van der Waals surface area contributed by atoms with Crippen LogP contribution in [0, 0.1) is 10.1 Å². The van der Waals surface area contributed by atoms with Crippen molar-refractivity contribution in [2.45, 2.75) is 24.7 Å². The second-order valence-corrected chi connectivity index (χ2v) is 5.26. The number of carbonyl (C=O) groups is 1. The number of nitrogens with two attached hydrogens (primary N) is 1. The van der Waals surface area contributed by atoms with Crippen LogP contribution in [0.25, 0.3) is 0 Å². The molecule has 134 valence electrons. The van der Waals surface area contributed by atoms with E-state index >= 15 is 0 Å². The Morgan fingerprint density at radius 3 is 1.96 bits per heavy atom. The average molecular weight is 366 g/mol. The molecule has 3 N–H and O–H groups in total. The monoisotopic (exact) mass is 366 g/mol. The van der Waals surface area contributed by atoms with Crippen molar-refractivity contribution in [1.82, 2.24) is 0 Å². The molecule has 0 spiro atoms. The standard InChI is InChI=1S/C9H10N2O5.C7H8OS/c10-9(12)15-5-7-1-3-8(4-2-7)6-16-11(13)14;8-5-6-1-3-7(9)4-2-6/h1-4H,5-6H2,(H2,10,12);1-4,8-9H,5H2. The van der Waals surface area contributed by atoms with Crippen LogP contribution in [0.15, 0.2) is 53.4 Å². The van der Waals surface area contributed by atoms with Crippen LogP contribution >= 0.6 is 12.6 Å². The highest BCUT2D eigenvalue weighted by atomic mass is 32.1. The highest BCUT2D eigenvalue weighted by molar-refractivity contribution is 7.80. The number of amides is 1. The van der Waals surface area contributed by atoms with Crippen molar-refractivity contribution in [3.63, 3.8) is 0 Å². The van der Waals surface area contributed by atoms with Gasteiger partial charge in [-0.2, -0.15) is 0 Å². The Labute approximate surface area is 149 Å². The lowest BCUT2D eigenvalue weighted by atomic mass is 10.1. The maximum absolute atomic E-state index is 10.3. The molecule has 2 aromatic carbocycles. The summed E-state index contributed by atoms with van der Waals surface area (Å²) in [6.45, 7) is 0.0731. The predicted octanol–water partition coefficient (Wildman–Crippen LogP) is 2.46. The van der Waals surface area contributed by atoms with Crippen LogP contribution < -0.4 is 5.73 Å². The topological polar surface area (TPSA) is 125 Å². The lowest BCUT2D eigenvalue weighted by Crippen LogP contribution is -2.12. The largest absolute Gasteiger partial charge is 0.445 e. The zero-order valence-electron chi connectivity index (χ0n) is 13.2. The predicted molar refractivity (Wildman–Crippen MR) is 92.2 cm³/mol. The van der Waals surface area contributed by atoms with E-state index < -0.39 is 11.2 Å². The molecule has 0 bridgehead atoms. The van der Waals surface area contributed by atoms with E-state index in [0.29, 0.717) is 5.56 Å². The summed E-state index contributed by atoms with van der Waals surface area (Å²) in [6.07, 6.45) is -0.847. The molecule has 0 aromatic heterocycles. The van der Waals surface area contributed by atoms with Gasteiger partial charge in [-0.25, -0.2) is 4.79 Å². The number of thiol groups is 1. The number of ether oxygens (including phenoxy) is 1. The molecule has 0 aliphatic carbocycles. The Morgan fingerprint density at radius 1 is 1.04 bits per heavy atom. The molecule has 0 unspecified atom stereocenters. The summed E-state index contributed by atoms with van der Waals surface area (Å²) in [5.74, 6) is 0. The summed E-state index contributed by atoms with van der Waals surface area (Å²) in [4.78, 5) is 25.4. The number of aliphatic hydroxyl groups excluding tert-OH is 1. The van der Waals surface area contributed by atoms with E-state index in [-0.39, 0.29) is 19.8 Å². The van der Waals surface area contributed by atoms with E-state index in [4.69, 9.17) is 10.8 Å². The summed E-state index contributed by atoms with van der Waals surface area (Å²) in [6, 6.07) is 14.0. The molecule has 0 aliphatic rings. The Kier molecular flexibility index (Phi) is 8.83. The zero-order valence-corrected chi connectivity index (χ0v) is 14.1. The lowest BCUT2D eigenvalue weighted by molar-refractivity contribution is -0.763. The number of aliphatic hydroxyl groups is 1. The average Bonchev–Trinajstić information content (AvgIpc) is 2.60. The van der Waals surface area contributed by atoms with Crippen LogP contribution in [0.4, 0.5) is 4.79 Å². The molecule has 2 rings (SSSR count). The Hall–Kier alpha value is -2.78. The SMILES string of the molecule is NC(=O)OCc1ccc(CO[N+](=O)[O-])cc1.OCc1ccc(S)cc1. The van der Waals surface area contributed by atoms with Gasteiger partial charge >= 0.3 is 6.09 Å². The molecule has 1 amide bonds. The molecule has 0 fully saturated rings. The molecule has 0 atom stereocenters. The van der Waals surface area contributed by atoms with Gasteiger partial charge in [-0.15, -0.1) is 22.7 Å². The molecule has 25 heavy (non-hydrogen) atoms. The van der Waals surface area contributed by atoms with Crippen molar-refractivity contribution >= 4 is 18.7 Å². The number of hydrogen-bond acceptors (Lipinski definition) is 7. The van der Waals surface area contributed by atoms with Gasteiger partial charge in [0.1, 0.15) is 13.2 Å². The Balaban J connectivity index is 0.000000293. The van der Waals surface area contributed by atoms with Gasteiger partial charge in [0.05, 0.1) is 6.61 Å². The molecule has 0 radical (unpaired) electrons. The fourth-order valence-corrected chi connectivity index (χ4v) is 1.76. The molecule has 0 saturated carbocycles. The third-order valence-electron chi connectivity index (χ3n) is 2.86. The minimum Gasteiger partial charge on any atom is -0.445 e. The number of primary amides is 1. The first-order valence-corrected chi connectivity index (χ1v) is 7.51. The van der Waals surface area contributed by atoms with Crippen LogP contribution in [0.5, 0.6) is 0 Å². The molecular formula is C16H18N2O6S. The van der Waals surface area contributed by atoms with Gasteiger partial charge in [-0.05, 0) is 28.8 Å². The van der Waals surface area contributed by atoms with Crippen molar-refractivity contribution in [3.05, 3.63) is 75.3 Å². The number of hydrogen-bond donors (Lipinski definition) is 3. The maximum Gasteiger partial charge on any atom is 0.404 e. The third-order valence-corrected chi connectivity index (χ3v) is 3.16. The highest BCUT2D eigenvalue weighted by Gasteiger charge is 2.00.